The highest BCUT2D eigenvalue weighted by atomic mass is 16.5. The summed E-state index contributed by atoms with van der Waals surface area (Å²) in [6.07, 6.45) is 7.13. The first-order chi connectivity index (χ1) is 17.0. The lowest BCUT2D eigenvalue weighted by molar-refractivity contribution is 0.0447. The molecule has 3 aromatic rings. The van der Waals surface area contributed by atoms with E-state index in [1.807, 2.05) is 19.1 Å². The van der Waals surface area contributed by atoms with E-state index in [1.54, 1.807) is 36.4 Å². The van der Waals surface area contributed by atoms with Gasteiger partial charge in [0, 0.05) is 0 Å². The van der Waals surface area contributed by atoms with Crippen molar-refractivity contribution in [3.8, 4) is 16.9 Å². The van der Waals surface area contributed by atoms with Crippen LogP contribution >= 0.6 is 0 Å². The fraction of sp³-hybridized carbons (Fsp3) is 0.355. The zero-order chi connectivity index (χ0) is 25.0. The molecule has 0 N–H and O–H groups in total. The van der Waals surface area contributed by atoms with Crippen LogP contribution < -0.4 is 4.74 Å². The first-order valence-electron chi connectivity index (χ1n) is 12.7. The molecule has 0 fully saturated rings. The van der Waals surface area contributed by atoms with Crippen molar-refractivity contribution in [2.24, 2.45) is 5.92 Å². The highest BCUT2D eigenvalue weighted by molar-refractivity contribution is 5.92. The van der Waals surface area contributed by atoms with E-state index in [2.05, 4.69) is 38.1 Å². The van der Waals surface area contributed by atoms with E-state index in [9.17, 15) is 9.59 Å². The molecule has 0 heterocycles. The molecule has 0 spiro atoms. The van der Waals surface area contributed by atoms with Gasteiger partial charge in [0.15, 0.2) is 0 Å². The molecule has 0 amide bonds. The fourth-order valence-corrected chi connectivity index (χ4v) is 3.66. The predicted molar refractivity (Wildman–Crippen MR) is 141 cm³/mol. The number of ether oxygens (including phenoxy) is 2. The van der Waals surface area contributed by atoms with Crippen molar-refractivity contribution in [2.75, 3.05) is 6.61 Å². The van der Waals surface area contributed by atoms with Gasteiger partial charge in [-0.05, 0) is 71.8 Å². The molecule has 0 aliphatic rings. The molecule has 0 aromatic heterocycles. The Morgan fingerprint density at radius 3 is 1.89 bits per heavy atom. The largest absolute Gasteiger partial charge is 0.462 e. The second-order valence-electron chi connectivity index (χ2n) is 9.11. The number of rotatable bonds is 12. The van der Waals surface area contributed by atoms with Crippen molar-refractivity contribution in [1.82, 2.24) is 0 Å². The maximum Gasteiger partial charge on any atom is 0.343 e. The van der Waals surface area contributed by atoms with Gasteiger partial charge >= 0.3 is 11.9 Å². The summed E-state index contributed by atoms with van der Waals surface area (Å²) in [5.74, 6) is -0.105. The molecule has 4 nitrogen and oxygen atoms in total. The minimum atomic E-state index is -0.439. The number of hydrogen-bond acceptors (Lipinski definition) is 4. The van der Waals surface area contributed by atoms with E-state index >= 15 is 0 Å². The molecule has 3 aromatic carbocycles. The van der Waals surface area contributed by atoms with Gasteiger partial charge in [0.2, 0.25) is 0 Å². The van der Waals surface area contributed by atoms with Gasteiger partial charge in [-0.1, -0.05) is 82.9 Å². The smallest absolute Gasteiger partial charge is 0.343 e. The number of aryl methyl sites for hydroxylation is 1. The Labute approximate surface area is 209 Å². The zero-order valence-electron chi connectivity index (χ0n) is 21.1. The third-order valence-corrected chi connectivity index (χ3v) is 6.22. The maximum absolute atomic E-state index is 12.6. The van der Waals surface area contributed by atoms with Crippen molar-refractivity contribution >= 4 is 11.9 Å². The summed E-state index contributed by atoms with van der Waals surface area (Å²) < 4.78 is 10.8. The van der Waals surface area contributed by atoms with Gasteiger partial charge in [-0.3, -0.25) is 0 Å². The second kappa shape index (κ2) is 13.5. The molecule has 0 aliphatic carbocycles. The minimum Gasteiger partial charge on any atom is -0.462 e. The molecule has 35 heavy (non-hydrogen) atoms. The average Bonchev–Trinajstić information content (AvgIpc) is 2.90. The van der Waals surface area contributed by atoms with Crippen molar-refractivity contribution in [3.63, 3.8) is 0 Å². The van der Waals surface area contributed by atoms with Crippen LogP contribution in [0.2, 0.25) is 0 Å². The lowest BCUT2D eigenvalue weighted by Gasteiger charge is -2.10. The molecule has 0 radical (unpaired) electrons. The molecular weight excluding hydrogens is 436 g/mol. The molecule has 184 valence electrons. The van der Waals surface area contributed by atoms with Crippen LogP contribution in [0.25, 0.3) is 11.1 Å². The monoisotopic (exact) mass is 472 g/mol. The van der Waals surface area contributed by atoms with E-state index in [0.29, 0.717) is 29.4 Å². The summed E-state index contributed by atoms with van der Waals surface area (Å²) >= 11 is 0. The quantitative estimate of drug-likeness (QED) is 0.153. The average molecular weight is 473 g/mol. The van der Waals surface area contributed by atoms with Crippen molar-refractivity contribution in [1.29, 1.82) is 0 Å². The number of unbranched alkanes of at least 4 members (excludes halogenated alkanes) is 3. The molecule has 1 atom stereocenters. The zero-order valence-corrected chi connectivity index (χ0v) is 21.1. The molecule has 0 aliphatic heterocycles. The second-order valence-corrected chi connectivity index (χ2v) is 9.11. The van der Waals surface area contributed by atoms with E-state index < -0.39 is 5.97 Å². The fourth-order valence-electron chi connectivity index (χ4n) is 3.66. The number of carbonyl (C=O) groups excluding carboxylic acids is 2. The minimum absolute atomic E-state index is 0.324. The first kappa shape index (κ1) is 26.2. The summed E-state index contributed by atoms with van der Waals surface area (Å²) in [6.45, 7) is 6.72. The van der Waals surface area contributed by atoms with Gasteiger partial charge in [0.1, 0.15) is 5.75 Å². The molecule has 0 saturated heterocycles. The molecular formula is C31H36O4. The third kappa shape index (κ3) is 8.10. The highest BCUT2D eigenvalue weighted by Crippen LogP contribution is 2.22. The highest BCUT2D eigenvalue weighted by Gasteiger charge is 2.12. The van der Waals surface area contributed by atoms with Crippen molar-refractivity contribution in [2.45, 2.75) is 59.3 Å². The summed E-state index contributed by atoms with van der Waals surface area (Å²) in [5.41, 5.74) is 4.44. The molecule has 0 bridgehead atoms. The van der Waals surface area contributed by atoms with Crippen LogP contribution in [0.3, 0.4) is 0 Å². The van der Waals surface area contributed by atoms with Gasteiger partial charge in [-0.2, -0.15) is 0 Å². The Hall–Kier alpha value is -3.40. The molecule has 1 unspecified atom stereocenters. The van der Waals surface area contributed by atoms with Crippen LogP contribution in [0.4, 0.5) is 0 Å². The Bertz CT molecular complexity index is 1070. The van der Waals surface area contributed by atoms with Crippen LogP contribution in [0.15, 0.2) is 72.8 Å². The number of carbonyl (C=O) groups is 2. The van der Waals surface area contributed by atoms with Gasteiger partial charge in [-0.25, -0.2) is 9.59 Å². The van der Waals surface area contributed by atoms with Gasteiger partial charge < -0.3 is 9.47 Å². The van der Waals surface area contributed by atoms with Crippen molar-refractivity contribution < 1.29 is 19.1 Å². The number of benzene rings is 3. The SMILES string of the molecule is CCCCCCc1ccc(-c2ccc(C(=O)Oc3ccc(C(=O)OCC(C)CC)cc3)cc2)cc1. The van der Waals surface area contributed by atoms with E-state index in [0.717, 1.165) is 24.0 Å². The summed E-state index contributed by atoms with van der Waals surface area (Å²) in [6, 6.07) is 22.5. The van der Waals surface area contributed by atoms with Gasteiger partial charge in [0.25, 0.3) is 0 Å². The van der Waals surface area contributed by atoms with Crippen LogP contribution in [0.1, 0.15) is 79.2 Å². The Balaban J connectivity index is 1.54. The standard InChI is InChI=1S/C31H36O4/c1-4-6-7-8-9-24-10-12-25(13-11-24)26-14-16-28(17-15-26)31(33)35-29-20-18-27(19-21-29)30(32)34-22-23(3)5-2/h10-21,23H,4-9,22H2,1-3H3. The number of esters is 2. The normalized spacial score (nSPS) is 11.6. The Morgan fingerprint density at radius 2 is 1.29 bits per heavy atom. The molecule has 3 rings (SSSR count). The molecule has 4 heteroatoms. The van der Waals surface area contributed by atoms with Crippen LogP contribution in [0, 0.1) is 5.92 Å². The van der Waals surface area contributed by atoms with Gasteiger partial charge in [-0.15, -0.1) is 0 Å². The summed E-state index contributed by atoms with van der Waals surface area (Å²) in [7, 11) is 0. The summed E-state index contributed by atoms with van der Waals surface area (Å²) in [4.78, 5) is 24.7. The van der Waals surface area contributed by atoms with Crippen molar-refractivity contribution in [3.05, 3.63) is 89.5 Å². The van der Waals surface area contributed by atoms with Crippen LogP contribution in [-0.4, -0.2) is 18.5 Å². The predicted octanol–water partition coefficient (Wildman–Crippen LogP) is 7.90. The van der Waals surface area contributed by atoms with E-state index in [1.165, 1.54) is 31.2 Å². The van der Waals surface area contributed by atoms with Crippen LogP contribution in [0.5, 0.6) is 5.75 Å². The maximum atomic E-state index is 12.6. The Kier molecular flexibility index (Phi) is 10.1. The lowest BCUT2D eigenvalue weighted by Crippen LogP contribution is -2.12. The van der Waals surface area contributed by atoms with Gasteiger partial charge in [0.05, 0.1) is 17.7 Å². The van der Waals surface area contributed by atoms with E-state index in [4.69, 9.17) is 9.47 Å². The topological polar surface area (TPSA) is 52.6 Å². The summed E-state index contributed by atoms with van der Waals surface area (Å²) in [5, 5.41) is 0. The van der Waals surface area contributed by atoms with E-state index in [-0.39, 0.29) is 5.97 Å². The van der Waals surface area contributed by atoms with Crippen LogP contribution in [-0.2, 0) is 11.2 Å². The first-order valence-corrected chi connectivity index (χ1v) is 12.7. The number of hydrogen-bond donors (Lipinski definition) is 0. The third-order valence-electron chi connectivity index (χ3n) is 6.22. The molecule has 0 saturated carbocycles. The lowest BCUT2D eigenvalue weighted by atomic mass is 10.0. The Morgan fingerprint density at radius 1 is 0.714 bits per heavy atom.